The van der Waals surface area contributed by atoms with Crippen LogP contribution in [0.1, 0.15) is 52.7 Å². The number of hydrogen-bond acceptors (Lipinski definition) is 10. The lowest BCUT2D eigenvalue weighted by Crippen LogP contribution is -2.56. The standard InChI is InChI=1S/C49H56N8O13/c58-40(23-21-35(47(66)67)56-49(70)57-36(48(68)69)22-24-42(60)61)53-37(27-31-13-5-1-6-14-31)44(63)51-26-25-50-41(59)30-52-45(64)38(28-32-15-7-2-8-16-32)55-46(65)39(29-33-17-9-3-10-18-33)54-43(62)34-19-11-4-12-20-34/h1-20,35-39H,21-30H2,(H,50,59)(H,51,63)(H,52,64)(H,53,58)(H,54,62)(H,55,65)(H,60,61)(H,66,67)(H,68,69)(H2,56,57,70)/t35-,36-,37-,38?,39-/m0/s1. The minimum atomic E-state index is -1.67. The lowest BCUT2D eigenvalue weighted by molar-refractivity contribution is -0.141. The van der Waals surface area contributed by atoms with Crippen molar-refractivity contribution in [2.45, 2.75) is 75.2 Å². The van der Waals surface area contributed by atoms with Crippen LogP contribution in [-0.2, 0) is 57.6 Å². The Morgan fingerprint density at radius 2 is 0.814 bits per heavy atom. The van der Waals surface area contributed by atoms with Gasteiger partial charge in [0.25, 0.3) is 5.91 Å². The fourth-order valence-corrected chi connectivity index (χ4v) is 6.83. The van der Waals surface area contributed by atoms with E-state index in [-0.39, 0.29) is 32.4 Å². The van der Waals surface area contributed by atoms with E-state index in [1.54, 1.807) is 103 Å². The van der Waals surface area contributed by atoms with Crippen molar-refractivity contribution in [3.8, 4) is 0 Å². The number of nitrogens with one attached hydrogen (secondary N) is 8. The molecule has 4 rings (SSSR count). The molecular weight excluding hydrogens is 909 g/mol. The zero-order valence-corrected chi connectivity index (χ0v) is 37.9. The number of carboxylic acids is 3. The number of carbonyl (C=O) groups excluding carboxylic acids is 7. The molecular formula is C49H56N8O13. The van der Waals surface area contributed by atoms with E-state index < -0.39 is 122 Å². The van der Waals surface area contributed by atoms with Gasteiger partial charge in [-0.25, -0.2) is 14.4 Å². The third kappa shape index (κ3) is 19.7. The number of urea groups is 1. The molecule has 370 valence electrons. The molecule has 0 aromatic heterocycles. The zero-order chi connectivity index (χ0) is 50.8. The Kier molecular flexibility index (Phi) is 22.0. The monoisotopic (exact) mass is 964 g/mol. The first kappa shape index (κ1) is 54.0. The Hall–Kier alpha value is -8.62. The van der Waals surface area contributed by atoms with Crippen molar-refractivity contribution in [1.29, 1.82) is 0 Å². The van der Waals surface area contributed by atoms with Crippen molar-refractivity contribution in [2.24, 2.45) is 0 Å². The summed E-state index contributed by atoms with van der Waals surface area (Å²) in [6.07, 6.45) is -1.82. The number of rotatable bonds is 28. The van der Waals surface area contributed by atoms with Crippen LogP contribution in [0.4, 0.5) is 4.79 Å². The summed E-state index contributed by atoms with van der Waals surface area (Å²) in [4.78, 5) is 127. The molecule has 21 heteroatoms. The van der Waals surface area contributed by atoms with Gasteiger partial charge in [0.15, 0.2) is 0 Å². The van der Waals surface area contributed by atoms with Gasteiger partial charge in [-0.3, -0.25) is 33.6 Å². The van der Waals surface area contributed by atoms with Crippen LogP contribution in [0, 0.1) is 0 Å². The minimum Gasteiger partial charge on any atom is -0.481 e. The maximum Gasteiger partial charge on any atom is 0.326 e. The molecule has 0 heterocycles. The second-order valence-electron chi connectivity index (χ2n) is 15.9. The maximum absolute atomic E-state index is 13.9. The van der Waals surface area contributed by atoms with Crippen LogP contribution in [0.25, 0.3) is 0 Å². The first-order valence-electron chi connectivity index (χ1n) is 22.2. The van der Waals surface area contributed by atoms with Crippen LogP contribution < -0.4 is 42.5 Å². The average Bonchev–Trinajstić information content (AvgIpc) is 3.34. The van der Waals surface area contributed by atoms with Crippen molar-refractivity contribution in [3.63, 3.8) is 0 Å². The van der Waals surface area contributed by atoms with Crippen LogP contribution in [0.5, 0.6) is 0 Å². The Labute approximate surface area is 402 Å². The van der Waals surface area contributed by atoms with Gasteiger partial charge in [-0.2, -0.15) is 0 Å². The van der Waals surface area contributed by atoms with Crippen molar-refractivity contribution in [2.75, 3.05) is 19.6 Å². The van der Waals surface area contributed by atoms with Gasteiger partial charge in [-0.05, 0) is 41.7 Å². The van der Waals surface area contributed by atoms with E-state index in [4.69, 9.17) is 5.11 Å². The second-order valence-corrected chi connectivity index (χ2v) is 15.9. The average molecular weight is 965 g/mol. The Morgan fingerprint density at radius 3 is 1.29 bits per heavy atom. The van der Waals surface area contributed by atoms with Crippen LogP contribution in [0.3, 0.4) is 0 Å². The highest BCUT2D eigenvalue weighted by atomic mass is 16.4. The predicted molar refractivity (Wildman–Crippen MR) is 252 cm³/mol. The van der Waals surface area contributed by atoms with Crippen molar-refractivity contribution < 1.29 is 63.3 Å². The van der Waals surface area contributed by atoms with E-state index in [1.807, 2.05) is 23.5 Å². The van der Waals surface area contributed by atoms with Crippen molar-refractivity contribution in [3.05, 3.63) is 144 Å². The lowest BCUT2D eigenvalue weighted by Gasteiger charge is -2.23. The first-order valence-corrected chi connectivity index (χ1v) is 22.2. The summed E-state index contributed by atoms with van der Waals surface area (Å²) in [5.41, 5.74) is 2.48. The van der Waals surface area contributed by atoms with E-state index >= 15 is 0 Å². The van der Waals surface area contributed by atoms with E-state index in [2.05, 4.69) is 37.2 Å². The van der Waals surface area contributed by atoms with Gasteiger partial charge in [-0.1, -0.05) is 109 Å². The molecule has 0 aliphatic carbocycles. The molecule has 11 N–H and O–H groups in total. The molecule has 21 nitrogen and oxygen atoms in total. The number of carboxylic acid groups (broad SMARTS) is 3. The van der Waals surface area contributed by atoms with Crippen LogP contribution in [0.15, 0.2) is 121 Å². The van der Waals surface area contributed by atoms with E-state index in [0.29, 0.717) is 16.7 Å². The fourth-order valence-electron chi connectivity index (χ4n) is 6.83. The number of amides is 8. The Bertz CT molecular complexity index is 2410. The molecule has 0 bridgehead atoms. The minimum absolute atomic E-state index is 0.0137. The van der Waals surface area contributed by atoms with Gasteiger partial charge in [0.2, 0.25) is 29.5 Å². The summed E-state index contributed by atoms with van der Waals surface area (Å²) in [5.74, 6) is -8.23. The number of hydrogen-bond donors (Lipinski definition) is 11. The highest BCUT2D eigenvalue weighted by molar-refractivity contribution is 5.99. The molecule has 0 saturated carbocycles. The molecule has 4 aromatic carbocycles. The summed E-state index contributed by atoms with van der Waals surface area (Å²) in [6, 6.07) is 27.0. The highest BCUT2D eigenvalue weighted by Gasteiger charge is 2.29. The molecule has 0 spiro atoms. The van der Waals surface area contributed by atoms with Gasteiger partial charge in [0.05, 0.1) is 6.54 Å². The Morgan fingerprint density at radius 1 is 0.400 bits per heavy atom. The predicted octanol–water partition coefficient (Wildman–Crippen LogP) is 0.682. The van der Waals surface area contributed by atoms with Gasteiger partial charge in [0.1, 0.15) is 30.2 Å². The normalized spacial score (nSPS) is 12.7. The summed E-state index contributed by atoms with van der Waals surface area (Å²) in [6.45, 7) is -0.725. The third-order valence-electron chi connectivity index (χ3n) is 10.5. The quantitative estimate of drug-likeness (QED) is 0.0350. The molecule has 0 radical (unpaired) electrons. The molecule has 0 saturated heterocycles. The van der Waals surface area contributed by atoms with Crippen LogP contribution in [-0.4, -0.2) is 125 Å². The van der Waals surface area contributed by atoms with Gasteiger partial charge < -0.3 is 57.9 Å². The molecule has 0 fully saturated rings. The molecule has 0 aliphatic heterocycles. The van der Waals surface area contributed by atoms with Gasteiger partial charge in [-0.15, -0.1) is 0 Å². The smallest absolute Gasteiger partial charge is 0.326 e. The van der Waals surface area contributed by atoms with Crippen molar-refractivity contribution in [1.82, 2.24) is 42.5 Å². The van der Waals surface area contributed by atoms with Crippen molar-refractivity contribution >= 4 is 59.4 Å². The fraction of sp³-hybridized carbons (Fsp3) is 0.306. The highest BCUT2D eigenvalue weighted by Crippen LogP contribution is 2.10. The van der Waals surface area contributed by atoms with E-state index in [1.165, 1.54) is 0 Å². The lowest BCUT2D eigenvalue weighted by atomic mass is 10.0. The van der Waals surface area contributed by atoms with Crippen LogP contribution >= 0.6 is 0 Å². The van der Waals surface area contributed by atoms with E-state index in [9.17, 15) is 58.2 Å². The topological polar surface area (TPSA) is 328 Å². The molecule has 8 amide bonds. The Balaban J connectivity index is 1.31. The summed E-state index contributed by atoms with van der Waals surface area (Å²) < 4.78 is 0. The molecule has 70 heavy (non-hydrogen) atoms. The SMILES string of the molecule is O=C(O)CC[C@H](NC(=O)N[C@@H](CCC(=O)N[C@@H](Cc1ccccc1)C(=O)NCCNC(=O)CNC(=O)C(Cc1ccccc1)NC(=O)[C@H](Cc1ccccc1)NC(=O)c1ccccc1)C(=O)O)C(=O)O. The summed E-state index contributed by atoms with van der Waals surface area (Å²) in [5, 5.41) is 47.7. The van der Waals surface area contributed by atoms with Gasteiger partial charge in [0, 0.05) is 50.8 Å². The molecule has 4 aromatic rings. The molecule has 1 unspecified atom stereocenters. The van der Waals surface area contributed by atoms with Gasteiger partial charge >= 0.3 is 23.9 Å². The summed E-state index contributed by atoms with van der Waals surface area (Å²) in [7, 11) is 0. The number of carbonyl (C=O) groups is 10. The molecule has 5 atom stereocenters. The largest absolute Gasteiger partial charge is 0.481 e. The maximum atomic E-state index is 13.9. The van der Waals surface area contributed by atoms with E-state index in [0.717, 1.165) is 5.56 Å². The third-order valence-corrected chi connectivity index (χ3v) is 10.5. The molecule has 0 aliphatic rings. The zero-order valence-electron chi connectivity index (χ0n) is 37.9. The number of benzene rings is 4. The summed E-state index contributed by atoms with van der Waals surface area (Å²) >= 11 is 0. The second kappa shape index (κ2) is 28.5. The number of aliphatic carboxylic acids is 3. The first-order chi connectivity index (χ1) is 33.6. The van der Waals surface area contributed by atoms with Crippen LogP contribution in [0.2, 0.25) is 0 Å².